The summed E-state index contributed by atoms with van der Waals surface area (Å²) >= 11 is 0. The van der Waals surface area contributed by atoms with Gasteiger partial charge >= 0.3 is 0 Å². The first-order valence-corrected chi connectivity index (χ1v) is 7.82. The van der Waals surface area contributed by atoms with Crippen LogP contribution in [0.3, 0.4) is 0 Å². The number of rotatable bonds is 7. The van der Waals surface area contributed by atoms with E-state index in [4.69, 9.17) is 4.74 Å². The number of aliphatic imine (C=N–C) groups is 1. The Labute approximate surface area is 147 Å². The largest absolute Gasteiger partial charge is 0.381 e. The molecule has 0 radical (unpaired) electrons. The van der Waals surface area contributed by atoms with Crippen LogP contribution in [0.2, 0.25) is 0 Å². The summed E-state index contributed by atoms with van der Waals surface area (Å²) in [5, 5.41) is 3.46. The molecule has 1 aliphatic rings. The first-order valence-electron chi connectivity index (χ1n) is 7.82. The zero-order chi connectivity index (χ0) is 15.0. The number of guanidine groups is 1. The molecule has 0 aromatic heterocycles. The topological polar surface area (TPSA) is 40.1 Å². The lowest BCUT2D eigenvalue weighted by molar-refractivity contribution is 0.181. The second-order valence-electron chi connectivity index (χ2n) is 5.81. The van der Waals surface area contributed by atoms with Crippen LogP contribution in [0.15, 0.2) is 4.99 Å². The number of hydrogen-bond acceptors (Lipinski definition) is 3. The highest BCUT2D eigenvalue weighted by Crippen LogP contribution is 2.13. The molecule has 0 aromatic rings. The zero-order valence-corrected chi connectivity index (χ0v) is 16.6. The smallest absolute Gasteiger partial charge is 0.193 e. The van der Waals surface area contributed by atoms with Crippen molar-refractivity contribution in [3.63, 3.8) is 0 Å². The maximum atomic E-state index is 5.43. The molecule has 1 atom stereocenters. The average molecular weight is 412 g/mol. The van der Waals surface area contributed by atoms with Crippen LogP contribution < -0.4 is 5.32 Å². The minimum Gasteiger partial charge on any atom is -0.381 e. The van der Waals surface area contributed by atoms with Gasteiger partial charge in [0.15, 0.2) is 5.96 Å². The molecule has 1 rings (SSSR count). The van der Waals surface area contributed by atoms with Crippen molar-refractivity contribution in [3.05, 3.63) is 0 Å². The molecule has 0 aromatic carbocycles. The van der Waals surface area contributed by atoms with Crippen LogP contribution in [-0.2, 0) is 4.74 Å². The van der Waals surface area contributed by atoms with E-state index in [0.29, 0.717) is 12.0 Å². The number of nitrogens with one attached hydrogen (secondary N) is 1. The third-order valence-corrected chi connectivity index (χ3v) is 3.95. The lowest BCUT2D eigenvalue weighted by Gasteiger charge is -2.27. The summed E-state index contributed by atoms with van der Waals surface area (Å²) in [6, 6.07) is 0.595. The molecule has 0 saturated carbocycles. The minimum atomic E-state index is 0. The van der Waals surface area contributed by atoms with Crippen molar-refractivity contribution in [2.24, 2.45) is 10.9 Å². The fraction of sp³-hybridized carbons (Fsp3) is 0.933. The van der Waals surface area contributed by atoms with Gasteiger partial charge < -0.3 is 15.0 Å². The summed E-state index contributed by atoms with van der Waals surface area (Å²) in [6.07, 6.45) is 1.16. The highest BCUT2D eigenvalue weighted by Gasteiger charge is 2.19. The van der Waals surface area contributed by atoms with Crippen LogP contribution in [0.25, 0.3) is 0 Å². The number of hydrogen-bond donors (Lipinski definition) is 1. The third-order valence-electron chi connectivity index (χ3n) is 3.95. The number of halogens is 1. The summed E-state index contributed by atoms with van der Waals surface area (Å²) in [4.78, 5) is 9.03. The van der Waals surface area contributed by atoms with E-state index in [2.05, 4.69) is 47.9 Å². The highest BCUT2D eigenvalue weighted by molar-refractivity contribution is 14.0. The molecular weight excluding hydrogens is 379 g/mol. The summed E-state index contributed by atoms with van der Waals surface area (Å²) in [5.41, 5.74) is 0. The molecule has 1 heterocycles. The van der Waals surface area contributed by atoms with Gasteiger partial charge in [-0.05, 0) is 26.8 Å². The number of likely N-dealkylation sites (N-methyl/N-ethyl adjacent to an activating group) is 1. The lowest BCUT2D eigenvalue weighted by Crippen LogP contribution is -2.45. The van der Waals surface area contributed by atoms with Gasteiger partial charge in [0.25, 0.3) is 0 Å². The van der Waals surface area contributed by atoms with Crippen molar-refractivity contribution >= 4 is 29.9 Å². The average Bonchev–Trinajstić information content (AvgIpc) is 2.91. The van der Waals surface area contributed by atoms with Gasteiger partial charge in [-0.15, -0.1) is 24.0 Å². The Morgan fingerprint density at radius 2 is 2.14 bits per heavy atom. The van der Waals surface area contributed by atoms with Crippen LogP contribution in [0.1, 0.15) is 27.2 Å². The second-order valence-corrected chi connectivity index (χ2v) is 5.81. The molecular formula is C15H33IN4O. The molecule has 1 saturated heterocycles. The van der Waals surface area contributed by atoms with E-state index in [1.54, 1.807) is 0 Å². The highest BCUT2D eigenvalue weighted by atomic mass is 127. The first-order chi connectivity index (χ1) is 9.58. The van der Waals surface area contributed by atoms with E-state index in [9.17, 15) is 0 Å². The van der Waals surface area contributed by atoms with E-state index in [1.807, 2.05) is 7.05 Å². The lowest BCUT2D eigenvalue weighted by atomic mass is 10.1. The van der Waals surface area contributed by atoms with Gasteiger partial charge in [0.1, 0.15) is 0 Å². The fourth-order valence-corrected chi connectivity index (χ4v) is 2.68. The van der Waals surface area contributed by atoms with Gasteiger partial charge in [0.2, 0.25) is 0 Å². The summed E-state index contributed by atoms with van der Waals surface area (Å²) < 4.78 is 5.43. The van der Waals surface area contributed by atoms with E-state index in [-0.39, 0.29) is 24.0 Å². The van der Waals surface area contributed by atoms with Crippen LogP contribution in [0.4, 0.5) is 0 Å². The molecule has 1 fully saturated rings. The van der Waals surface area contributed by atoms with E-state index in [1.165, 1.54) is 0 Å². The maximum absolute atomic E-state index is 5.43. The van der Waals surface area contributed by atoms with Crippen molar-refractivity contribution in [2.45, 2.75) is 33.2 Å². The van der Waals surface area contributed by atoms with Crippen LogP contribution >= 0.6 is 24.0 Å². The van der Waals surface area contributed by atoms with Crippen molar-refractivity contribution in [2.75, 3.05) is 53.5 Å². The van der Waals surface area contributed by atoms with Crippen molar-refractivity contribution < 1.29 is 4.74 Å². The van der Waals surface area contributed by atoms with Gasteiger partial charge in [-0.2, -0.15) is 0 Å². The van der Waals surface area contributed by atoms with Crippen molar-refractivity contribution in [1.82, 2.24) is 15.1 Å². The van der Waals surface area contributed by atoms with Crippen molar-refractivity contribution in [3.8, 4) is 0 Å². The monoisotopic (exact) mass is 412 g/mol. The van der Waals surface area contributed by atoms with Gasteiger partial charge in [-0.3, -0.25) is 9.89 Å². The molecule has 0 aliphatic carbocycles. The van der Waals surface area contributed by atoms with Crippen LogP contribution in [0.5, 0.6) is 0 Å². The Bertz CT molecular complexity index is 293. The van der Waals surface area contributed by atoms with Crippen LogP contribution in [-0.4, -0.2) is 75.3 Å². The summed E-state index contributed by atoms with van der Waals surface area (Å²) in [5.74, 6) is 1.62. The molecule has 0 amide bonds. The molecule has 5 nitrogen and oxygen atoms in total. The van der Waals surface area contributed by atoms with E-state index >= 15 is 0 Å². The standard InChI is InChI=1S/C15H32N4O.HI/c1-6-19(13(2)3)9-8-17-15(16-4)18(5)11-14-7-10-20-12-14;/h13-14H,6-12H2,1-5H3,(H,16,17);1H. The number of nitrogens with zero attached hydrogens (tertiary/aromatic N) is 3. The number of ether oxygens (including phenoxy) is 1. The van der Waals surface area contributed by atoms with Crippen LogP contribution in [0, 0.1) is 5.92 Å². The fourth-order valence-electron chi connectivity index (χ4n) is 2.68. The van der Waals surface area contributed by atoms with Crippen molar-refractivity contribution in [1.29, 1.82) is 0 Å². The maximum Gasteiger partial charge on any atom is 0.193 e. The van der Waals surface area contributed by atoms with Gasteiger partial charge in [0.05, 0.1) is 6.61 Å². The first kappa shape index (κ1) is 20.9. The molecule has 126 valence electrons. The molecule has 0 spiro atoms. The predicted octanol–water partition coefficient (Wildman–Crippen LogP) is 1.88. The molecule has 21 heavy (non-hydrogen) atoms. The molecule has 1 unspecified atom stereocenters. The van der Waals surface area contributed by atoms with Gasteiger partial charge in [-0.25, -0.2) is 0 Å². The molecule has 6 heteroatoms. The predicted molar refractivity (Wildman–Crippen MR) is 101 cm³/mol. The third kappa shape index (κ3) is 7.65. The SMILES string of the molecule is CCN(CCNC(=NC)N(C)CC1CCOC1)C(C)C.I. The Kier molecular flexibility index (Phi) is 11.4. The minimum absolute atomic E-state index is 0. The Morgan fingerprint density at radius 1 is 1.43 bits per heavy atom. The van der Waals surface area contributed by atoms with E-state index < -0.39 is 0 Å². The molecule has 1 aliphatic heterocycles. The zero-order valence-electron chi connectivity index (χ0n) is 14.3. The van der Waals surface area contributed by atoms with Gasteiger partial charge in [-0.1, -0.05) is 6.92 Å². The second kappa shape index (κ2) is 11.5. The molecule has 0 bridgehead atoms. The summed E-state index contributed by atoms with van der Waals surface area (Å²) in [6.45, 7) is 12.6. The Balaban J connectivity index is 0.00000400. The quantitative estimate of drug-likeness (QED) is 0.394. The Morgan fingerprint density at radius 3 is 2.62 bits per heavy atom. The normalized spacial score (nSPS) is 19.0. The van der Waals surface area contributed by atoms with E-state index in [0.717, 1.165) is 51.8 Å². The Hall–Kier alpha value is -0.0800. The molecule has 1 N–H and O–H groups in total. The van der Waals surface area contributed by atoms with Gasteiger partial charge in [0, 0.05) is 52.3 Å². The summed E-state index contributed by atoms with van der Waals surface area (Å²) in [7, 11) is 3.96.